The highest BCUT2D eigenvalue weighted by Crippen LogP contribution is 2.30. The van der Waals surface area contributed by atoms with E-state index >= 15 is 0 Å². The lowest BCUT2D eigenvalue weighted by Crippen LogP contribution is -2.53. The van der Waals surface area contributed by atoms with Gasteiger partial charge in [0.05, 0.1) is 26.4 Å². The van der Waals surface area contributed by atoms with Crippen LogP contribution in [0.1, 0.15) is 32.1 Å². The lowest BCUT2D eigenvalue weighted by Gasteiger charge is -2.35. The molecule has 3 unspecified atom stereocenters. The average molecular weight is 257 g/mol. The molecule has 5 heteroatoms. The first-order valence-electron chi connectivity index (χ1n) is 6.71. The van der Waals surface area contributed by atoms with E-state index in [-0.39, 0.29) is 12.1 Å². The summed E-state index contributed by atoms with van der Waals surface area (Å²) in [6.07, 6.45) is 4.28. The number of rotatable bonds is 4. The largest absolute Gasteiger partial charge is 0.468 e. The van der Waals surface area contributed by atoms with Crippen LogP contribution in [0.2, 0.25) is 0 Å². The van der Waals surface area contributed by atoms with Crippen LogP contribution in [0, 0.1) is 5.92 Å². The minimum absolute atomic E-state index is 0.0726. The van der Waals surface area contributed by atoms with Crippen molar-refractivity contribution in [3.05, 3.63) is 0 Å². The Balaban J connectivity index is 1.80. The second kappa shape index (κ2) is 5.99. The number of methoxy groups -OCH3 is 1. The van der Waals surface area contributed by atoms with Crippen molar-refractivity contribution in [2.75, 3.05) is 26.9 Å². The van der Waals surface area contributed by atoms with Gasteiger partial charge < -0.3 is 19.9 Å². The SMILES string of the molecule is COC(=O)C1(N)CCCC(OCC2CCOC2)C1. The van der Waals surface area contributed by atoms with E-state index in [0.29, 0.717) is 25.4 Å². The van der Waals surface area contributed by atoms with Crippen molar-refractivity contribution in [1.82, 2.24) is 0 Å². The second-order valence-electron chi connectivity index (χ2n) is 5.43. The van der Waals surface area contributed by atoms with Crippen LogP contribution in [0.5, 0.6) is 0 Å². The summed E-state index contributed by atoms with van der Waals surface area (Å²) in [5.41, 5.74) is 5.25. The molecule has 0 amide bonds. The molecule has 5 nitrogen and oxygen atoms in total. The topological polar surface area (TPSA) is 70.8 Å². The van der Waals surface area contributed by atoms with E-state index in [0.717, 1.165) is 32.5 Å². The first-order chi connectivity index (χ1) is 8.64. The number of esters is 1. The van der Waals surface area contributed by atoms with Gasteiger partial charge in [-0.3, -0.25) is 4.79 Å². The van der Waals surface area contributed by atoms with Gasteiger partial charge in [0, 0.05) is 18.9 Å². The van der Waals surface area contributed by atoms with Gasteiger partial charge in [-0.05, 0) is 25.7 Å². The van der Waals surface area contributed by atoms with Crippen molar-refractivity contribution in [1.29, 1.82) is 0 Å². The van der Waals surface area contributed by atoms with Gasteiger partial charge in [-0.2, -0.15) is 0 Å². The van der Waals surface area contributed by atoms with E-state index in [9.17, 15) is 4.79 Å². The maximum absolute atomic E-state index is 11.7. The third-order valence-electron chi connectivity index (χ3n) is 3.92. The van der Waals surface area contributed by atoms with E-state index in [4.69, 9.17) is 19.9 Å². The van der Waals surface area contributed by atoms with Crippen molar-refractivity contribution >= 4 is 5.97 Å². The predicted octanol–water partition coefficient (Wildman–Crippen LogP) is 0.853. The molecular weight excluding hydrogens is 234 g/mol. The molecule has 3 atom stereocenters. The summed E-state index contributed by atoms with van der Waals surface area (Å²) in [6.45, 7) is 2.33. The molecule has 2 N–H and O–H groups in total. The van der Waals surface area contributed by atoms with Gasteiger partial charge in [-0.25, -0.2) is 0 Å². The molecule has 0 aromatic carbocycles. The normalized spacial score (nSPS) is 36.6. The Kier molecular flexibility index (Phi) is 4.59. The zero-order valence-corrected chi connectivity index (χ0v) is 11.0. The fraction of sp³-hybridized carbons (Fsp3) is 0.923. The molecule has 1 saturated heterocycles. The van der Waals surface area contributed by atoms with Crippen molar-refractivity contribution in [2.45, 2.75) is 43.7 Å². The van der Waals surface area contributed by atoms with Gasteiger partial charge in [0.1, 0.15) is 5.54 Å². The Labute approximate surface area is 108 Å². The maximum Gasteiger partial charge on any atom is 0.325 e. The lowest BCUT2D eigenvalue weighted by molar-refractivity contribution is -0.151. The number of nitrogens with two attached hydrogens (primary N) is 1. The quantitative estimate of drug-likeness (QED) is 0.756. The molecule has 2 fully saturated rings. The zero-order chi connectivity index (χ0) is 13.0. The summed E-state index contributed by atoms with van der Waals surface area (Å²) in [5.74, 6) is 0.178. The Morgan fingerprint density at radius 1 is 1.50 bits per heavy atom. The van der Waals surface area contributed by atoms with Crippen LogP contribution in [0.3, 0.4) is 0 Å². The maximum atomic E-state index is 11.7. The van der Waals surface area contributed by atoms with Crippen LogP contribution in [0.25, 0.3) is 0 Å². The minimum atomic E-state index is -0.857. The first-order valence-corrected chi connectivity index (χ1v) is 6.71. The van der Waals surface area contributed by atoms with Crippen LogP contribution in [0.15, 0.2) is 0 Å². The number of ether oxygens (including phenoxy) is 3. The van der Waals surface area contributed by atoms with Crippen LogP contribution in [-0.2, 0) is 19.0 Å². The first kappa shape index (κ1) is 13.8. The summed E-state index contributed by atoms with van der Waals surface area (Å²) >= 11 is 0. The van der Waals surface area contributed by atoms with E-state index < -0.39 is 5.54 Å². The van der Waals surface area contributed by atoms with E-state index in [1.807, 2.05) is 0 Å². The van der Waals surface area contributed by atoms with Crippen LogP contribution >= 0.6 is 0 Å². The van der Waals surface area contributed by atoms with Crippen molar-refractivity contribution in [2.24, 2.45) is 11.7 Å². The molecule has 1 heterocycles. The minimum Gasteiger partial charge on any atom is -0.468 e. The summed E-state index contributed by atoms with van der Waals surface area (Å²) in [6, 6.07) is 0. The number of carbonyl (C=O) groups is 1. The number of hydrogen-bond donors (Lipinski definition) is 1. The number of hydrogen-bond acceptors (Lipinski definition) is 5. The Bertz CT molecular complexity index is 291. The van der Waals surface area contributed by atoms with Gasteiger partial charge in [0.2, 0.25) is 0 Å². The molecule has 0 spiro atoms. The van der Waals surface area contributed by atoms with Crippen LogP contribution in [-0.4, -0.2) is 44.5 Å². The lowest BCUT2D eigenvalue weighted by atomic mass is 9.81. The van der Waals surface area contributed by atoms with E-state index in [1.165, 1.54) is 7.11 Å². The summed E-state index contributed by atoms with van der Waals surface area (Å²) in [4.78, 5) is 11.7. The van der Waals surface area contributed by atoms with Gasteiger partial charge >= 0.3 is 5.97 Å². The van der Waals surface area contributed by atoms with Gasteiger partial charge in [-0.1, -0.05) is 0 Å². The Morgan fingerprint density at radius 3 is 3.00 bits per heavy atom. The fourth-order valence-electron chi connectivity index (χ4n) is 2.77. The molecule has 1 aliphatic heterocycles. The average Bonchev–Trinajstić information content (AvgIpc) is 2.88. The summed E-state index contributed by atoms with van der Waals surface area (Å²) in [5, 5.41) is 0. The van der Waals surface area contributed by atoms with Crippen molar-refractivity contribution in [3.8, 4) is 0 Å². The summed E-state index contributed by atoms with van der Waals surface area (Å²) < 4.78 is 16.0. The molecule has 2 rings (SSSR count). The van der Waals surface area contributed by atoms with E-state index in [2.05, 4.69) is 0 Å². The van der Waals surface area contributed by atoms with Gasteiger partial charge in [-0.15, -0.1) is 0 Å². The molecule has 0 radical (unpaired) electrons. The van der Waals surface area contributed by atoms with Gasteiger partial charge in [0.15, 0.2) is 0 Å². The molecule has 104 valence electrons. The molecule has 1 saturated carbocycles. The molecule has 2 aliphatic rings. The van der Waals surface area contributed by atoms with Crippen LogP contribution < -0.4 is 5.73 Å². The highest BCUT2D eigenvalue weighted by molar-refractivity contribution is 5.80. The Hall–Kier alpha value is -0.650. The standard InChI is InChI=1S/C13H23NO4/c1-16-12(15)13(14)5-2-3-11(7-13)18-9-10-4-6-17-8-10/h10-11H,2-9,14H2,1H3. The smallest absolute Gasteiger partial charge is 0.325 e. The van der Waals surface area contributed by atoms with E-state index in [1.54, 1.807) is 0 Å². The molecule has 0 aromatic heterocycles. The number of carbonyl (C=O) groups excluding carboxylic acids is 1. The molecule has 0 aromatic rings. The van der Waals surface area contributed by atoms with Gasteiger partial charge in [0.25, 0.3) is 0 Å². The summed E-state index contributed by atoms with van der Waals surface area (Å²) in [7, 11) is 1.39. The van der Waals surface area contributed by atoms with Crippen molar-refractivity contribution < 1.29 is 19.0 Å². The predicted molar refractivity (Wildman–Crippen MR) is 66.1 cm³/mol. The third-order valence-corrected chi connectivity index (χ3v) is 3.92. The molecule has 1 aliphatic carbocycles. The monoisotopic (exact) mass is 257 g/mol. The highest BCUT2D eigenvalue weighted by atomic mass is 16.5. The zero-order valence-electron chi connectivity index (χ0n) is 11.0. The van der Waals surface area contributed by atoms with Crippen LogP contribution in [0.4, 0.5) is 0 Å². The molecule has 0 bridgehead atoms. The Morgan fingerprint density at radius 2 is 2.33 bits per heavy atom. The third kappa shape index (κ3) is 3.22. The van der Waals surface area contributed by atoms with Crippen molar-refractivity contribution in [3.63, 3.8) is 0 Å². The fourth-order valence-corrected chi connectivity index (χ4v) is 2.77. The second-order valence-corrected chi connectivity index (χ2v) is 5.43. The highest BCUT2D eigenvalue weighted by Gasteiger charge is 2.40. The molecule has 18 heavy (non-hydrogen) atoms. The molecular formula is C13H23NO4.